The normalized spacial score (nSPS) is 25.0. The molecule has 0 amide bonds. The highest BCUT2D eigenvalue weighted by molar-refractivity contribution is 5.52. The molecule has 1 aliphatic rings. The van der Waals surface area contributed by atoms with E-state index >= 15 is 0 Å². The van der Waals surface area contributed by atoms with Crippen molar-refractivity contribution in [2.75, 3.05) is 18.5 Å². The van der Waals surface area contributed by atoms with Crippen LogP contribution in [0.15, 0.2) is 18.5 Å². The van der Waals surface area contributed by atoms with Gasteiger partial charge >= 0.3 is 0 Å². The van der Waals surface area contributed by atoms with E-state index in [-0.39, 0.29) is 0 Å². The zero-order valence-electron chi connectivity index (χ0n) is 11.1. The van der Waals surface area contributed by atoms with Gasteiger partial charge in [0.2, 0.25) is 0 Å². The number of hydrogen-bond donors (Lipinski definition) is 1. The van der Waals surface area contributed by atoms with Gasteiger partial charge in [-0.3, -0.25) is 4.98 Å². The standard InChI is InChI=1S/C14H23N3/c1-11-5-4-8-17(12(11)2)14-10-16-7-6-13(14)9-15-3/h6-7,10-12,15H,4-5,8-9H2,1-3H3. The van der Waals surface area contributed by atoms with E-state index < -0.39 is 0 Å². The molecule has 2 heterocycles. The van der Waals surface area contributed by atoms with E-state index in [2.05, 4.69) is 35.1 Å². The molecule has 17 heavy (non-hydrogen) atoms. The van der Waals surface area contributed by atoms with Gasteiger partial charge in [0, 0.05) is 25.3 Å². The van der Waals surface area contributed by atoms with Crippen LogP contribution < -0.4 is 10.2 Å². The minimum Gasteiger partial charge on any atom is -0.367 e. The van der Waals surface area contributed by atoms with E-state index in [1.165, 1.54) is 24.1 Å². The van der Waals surface area contributed by atoms with Gasteiger partial charge in [-0.05, 0) is 44.4 Å². The van der Waals surface area contributed by atoms with Crippen molar-refractivity contribution in [1.82, 2.24) is 10.3 Å². The van der Waals surface area contributed by atoms with E-state index in [9.17, 15) is 0 Å². The lowest BCUT2D eigenvalue weighted by molar-refractivity contribution is 0.362. The molecule has 1 N–H and O–H groups in total. The predicted octanol–water partition coefficient (Wildman–Crippen LogP) is 2.43. The highest BCUT2D eigenvalue weighted by atomic mass is 15.2. The third-order valence-corrected chi connectivity index (χ3v) is 3.94. The van der Waals surface area contributed by atoms with Gasteiger partial charge in [0.25, 0.3) is 0 Å². The van der Waals surface area contributed by atoms with Crippen LogP contribution in [0.5, 0.6) is 0 Å². The Hall–Kier alpha value is -1.09. The quantitative estimate of drug-likeness (QED) is 0.869. The lowest BCUT2D eigenvalue weighted by atomic mass is 9.91. The van der Waals surface area contributed by atoms with Gasteiger partial charge in [0.15, 0.2) is 0 Å². The van der Waals surface area contributed by atoms with Crippen LogP contribution in [0.25, 0.3) is 0 Å². The van der Waals surface area contributed by atoms with Gasteiger partial charge in [0.1, 0.15) is 0 Å². The number of pyridine rings is 1. The Morgan fingerprint density at radius 2 is 2.29 bits per heavy atom. The van der Waals surface area contributed by atoms with Crippen molar-refractivity contribution in [1.29, 1.82) is 0 Å². The van der Waals surface area contributed by atoms with Crippen molar-refractivity contribution in [2.24, 2.45) is 5.92 Å². The maximum atomic E-state index is 4.29. The molecule has 1 aromatic rings. The van der Waals surface area contributed by atoms with E-state index in [0.717, 1.165) is 19.0 Å². The average Bonchev–Trinajstić information content (AvgIpc) is 2.34. The van der Waals surface area contributed by atoms with E-state index in [1.54, 1.807) is 0 Å². The van der Waals surface area contributed by atoms with E-state index in [4.69, 9.17) is 0 Å². The second-order valence-electron chi connectivity index (χ2n) is 5.09. The van der Waals surface area contributed by atoms with Crippen LogP contribution in [0.4, 0.5) is 5.69 Å². The third kappa shape index (κ3) is 2.60. The molecule has 2 atom stereocenters. The van der Waals surface area contributed by atoms with Crippen LogP contribution in [-0.2, 0) is 6.54 Å². The van der Waals surface area contributed by atoms with Gasteiger partial charge in [-0.1, -0.05) is 6.92 Å². The molecule has 3 heteroatoms. The molecule has 2 unspecified atom stereocenters. The molecule has 0 radical (unpaired) electrons. The largest absolute Gasteiger partial charge is 0.367 e. The first-order valence-electron chi connectivity index (χ1n) is 6.58. The number of nitrogens with one attached hydrogen (secondary N) is 1. The zero-order valence-corrected chi connectivity index (χ0v) is 11.1. The Morgan fingerprint density at radius 3 is 3.06 bits per heavy atom. The monoisotopic (exact) mass is 233 g/mol. The fourth-order valence-electron chi connectivity index (χ4n) is 2.69. The predicted molar refractivity (Wildman–Crippen MR) is 72.2 cm³/mol. The number of piperidine rings is 1. The van der Waals surface area contributed by atoms with Crippen LogP contribution >= 0.6 is 0 Å². The first kappa shape index (κ1) is 12.4. The summed E-state index contributed by atoms with van der Waals surface area (Å²) < 4.78 is 0. The Labute approximate surface area is 104 Å². The summed E-state index contributed by atoms with van der Waals surface area (Å²) in [6.07, 6.45) is 6.54. The number of aromatic nitrogens is 1. The van der Waals surface area contributed by atoms with Crippen LogP contribution in [0, 0.1) is 5.92 Å². The molecule has 0 bridgehead atoms. The van der Waals surface area contributed by atoms with Gasteiger partial charge in [0.05, 0.1) is 11.9 Å². The van der Waals surface area contributed by atoms with Crippen molar-refractivity contribution in [3.63, 3.8) is 0 Å². The maximum absolute atomic E-state index is 4.29. The summed E-state index contributed by atoms with van der Waals surface area (Å²) in [6, 6.07) is 2.74. The van der Waals surface area contributed by atoms with Crippen molar-refractivity contribution in [2.45, 2.75) is 39.3 Å². The van der Waals surface area contributed by atoms with Crippen LogP contribution in [0.1, 0.15) is 32.3 Å². The highest BCUT2D eigenvalue weighted by Crippen LogP contribution is 2.30. The first-order chi connectivity index (χ1) is 8.24. The number of rotatable bonds is 3. The van der Waals surface area contributed by atoms with Crippen molar-refractivity contribution in [3.05, 3.63) is 24.0 Å². The van der Waals surface area contributed by atoms with E-state index in [1.807, 2.05) is 19.4 Å². The van der Waals surface area contributed by atoms with Crippen LogP contribution in [0.2, 0.25) is 0 Å². The summed E-state index contributed by atoms with van der Waals surface area (Å²) >= 11 is 0. The van der Waals surface area contributed by atoms with Gasteiger partial charge in [-0.15, -0.1) is 0 Å². The molecular weight excluding hydrogens is 210 g/mol. The van der Waals surface area contributed by atoms with Gasteiger partial charge in [-0.2, -0.15) is 0 Å². The Morgan fingerprint density at radius 1 is 1.47 bits per heavy atom. The molecule has 0 aliphatic carbocycles. The Bertz CT molecular complexity index is 364. The number of hydrogen-bond acceptors (Lipinski definition) is 3. The maximum Gasteiger partial charge on any atom is 0.0600 e. The number of anilines is 1. The summed E-state index contributed by atoms with van der Waals surface area (Å²) in [7, 11) is 1.99. The second kappa shape index (κ2) is 5.50. The minimum absolute atomic E-state index is 0.614. The molecule has 1 aliphatic heterocycles. The minimum atomic E-state index is 0.614. The summed E-state index contributed by atoms with van der Waals surface area (Å²) in [5, 5.41) is 3.24. The SMILES string of the molecule is CNCc1ccncc1N1CCCC(C)C1C. The molecule has 0 spiro atoms. The summed E-state index contributed by atoms with van der Waals surface area (Å²) in [5.74, 6) is 0.770. The summed E-state index contributed by atoms with van der Waals surface area (Å²) in [4.78, 5) is 6.81. The van der Waals surface area contributed by atoms with Gasteiger partial charge < -0.3 is 10.2 Å². The molecule has 3 nitrogen and oxygen atoms in total. The average molecular weight is 233 g/mol. The molecule has 1 saturated heterocycles. The molecule has 2 rings (SSSR count). The van der Waals surface area contributed by atoms with Crippen LogP contribution in [-0.4, -0.2) is 24.6 Å². The van der Waals surface area contributed by atoms with Crippen molar-refractivity contribution in [3.8, 4) is 0 Å². The Balaban J connectivity index is 2.25. The smallest absolute Gasteiger partial charge is 0.0600 e. The summed E-state index contributed by atoms with van der Waals surface area (Å²) in [6.45, 7) is 6.76. The second-order valence-corrected chi connectivity index (χ2v) is 5.09. The fourth-order valence-corrected chi connectivity index (χ4v) is 2.69. The number of nitrogens with zero attached hydrogens (tertiary/aromatic N) is 2. The lowest BCUT2D eigenvalue weighted by Crippen LogP contribution is -2.43. The fraction of sp³-hybridized carbons (Fsp3) is 0.643. The molecule has 94 valence electrons. The first-order valence-corrected chi connectivity index (χ1v) is 6.58. The Kier molecular flexibility index (Phi) is 4.00. The van der Waals surface area contributed by atoms with E-state index in [0.29, 0.717) is 6.04 Å². The van der Waals surface area contributed by atoms with Gasteiger partial charge in [-0.25, -0.2) is 0 Å². The topological polar surface area (TPSA) is 28.2 Å². The zero-order chi connectivity index (χ0) is 12.3. The molecule has 0 saturated carbocycles. The molecule has 0 aromatic carbocycles. The molecular formula is C14H23N3. The van der Waals surface area contributed by atoms with Crippen molar-refractivity contribution >= 4 is 5.69 Å². The molecule has 1 aromatic heterocycles. The van der Waals surface area contributed by atoms with Crippen molar-refractivity contribution < 1.29 is 0 Å². The summed E-state index contributed by atoms with van der Waals surface area (Å²) in [5.41, 5.74) is 2.66. The third-order valence-electron chi connectivity index (χ3n) is 3.94. The molecule has 1 fully saturated rings. The highest BCUT2D eigenvalue weighted by Gasteiger charge is 2.26. The lowest BCUT2D eigenvalue weighted by Gasteiger charge is -2.40. The van der Waals surface area contributed by atoms with Crippen LogP contribution in [0.3, 0.4) is 0 Å².